The van der Waals surface area contributed by atoms with Crippen molar-refractivity contribution in [2.24, 2.45) is 11.7 Å². The Kier molecular flexibility index (Phi) is 9.82. The normalized spacial score (nSPS) is 14.1. The Morgan fingerprint density at radius 1 is 0.761 bits per heavy atom. The average molecular weight is 627 g/mol. The van der Waals surface area contributed by atoms with Crippen molar-refractivity contribution in [2.45, 2.75) is 57.3 Å². The minimum Gasteiger partial charge on any atom is -0.480 e. The molecule has 46 heavy (non-hydrogen) atoms. The summed E-state index contributed by atoms with van der Waals surface area (Å²) in [5.41, 5.74) is 10.4. The summed E-state index contributed by atoms with van der Waals surface area (Å²) in [5.74, 6) is -3.45. The summed E-state index contributed by atoms with van der Waals surface area (Å²) in [4.78, 5) is 65.9. The Bertz CT molecular complexity index is 1830. The van der Waals surface area contributed by atoms with Gasteiger partial charge in [-0.2, -0.15) is 0 Å². The highest BCUT2D eigenvalue weighted by molar-refractivity contribution is 5.95. The van der Waals surface area contributed by atoms with E-state index in [-0.39, 0.29) is 19.3 Å². The number of para-hydroxylation sites is 2. The highest BCUT2D eigenvalue weighted by Crippen LogP contribution is 2.21. The number of imidazole rings is 1. The van der Waals surface area contributed by atoms with Crippen LogP contribution < -0.4 is 21.7 Å². The summed E-state index contributed by atoms with van der Waals surface area (Å²) in [6.07, 6.45) is 6.88. The van der Waals surface area contributed by atoms with Crippen molar-refractivity contribution in [1.29, 1.82) is 0 Å². The minimum absolute atomic E-state index is 0.00976. The molecule has 3 aromatic heterocycles. The predicted octanol–water partition coefficient (Wildman–Crippen LogP) is 1.92. The third kappa shape index (κ3) is 7.44. The molecule has 0 aliphatic heterocycles. The third-order valence-corrected chi connectivity index (χ3v) is 8.03. The van der Waals surface area contributed by atoms with E-state index in [0.29, 0.717) is 5.69 Å². The Hall–Kier alpha value is -5.43. The van der Waals surface area contributed by atoms with Crippen LogP contribution in [0.1, 0.15) is 30.7 Å². The van der Waals surface area contributed by atoms with E-state index in [1.807, 2.05) is 54.7 Å². The monoisotopic (exact) mass is 626 g/mol. The van der Waals surface area contributed by atoms with Crippen LogP contribution in [-0.2, 0) is 38.4 Å². The summed E-state index contributed by atoms with van der Waals surface area (Å²) in [6.45, 7) is 3.35. The molecule has 240 valence electrons. The van der Waals surface area contributed by atoms with Gasteiger partial charge in [-0.15, -0.1) is 0 Å². The number of nitrogens with zero attached hydrogens (tertiary/aromatic N) is 1. The molecule has 4 atom stereocenters. The molecule has 3 heterocycles. The number of carbonyl (C=O) groups excluding carboxylic acids is 3. The summed E-state index contributed by atoms with van der Waals surface area (Å²) < 4.78 is 0. The predicted molar refractivity (Wildman–Crippen MR) is 173 cm³/mol. The number of carboxylic acids is 1. The lowest BCUT2D eigenvalue weighted by atomic mass is 10.0. The van der Waals surface area contributed by atoms with Crippen LogP contribution >= 0.6 is 0 Å². The van der Waals surface area contributed by atoms with Gasteiger partial charge in [0, 0.05) is 58.9 Å². The van der Waals surface area contributed by atoms with Gasteiger partial charge in [0.25, 0.3) is 0 Å². The van der Waals surface area contributed by atoms with E-state index in [2.05, 4.69) is 35.9 Å². The smallest absolute Gasteiger partial charge is 0.326 e. The number of carboxylic acid groups (broad SMARTS) is 1. The summed E-state index contributed by atoms with van der Waals surface area (Å²) in [6, 6.07) is 10.8. The first-order valence-electron chi connectivity index (χ1n) is 15.1. The van der Waals surface area contributed by atoms with E-state index in [9.17, 15) is 24.3 Å². The summed E-state index contributed by atoms with van der Waals surface area (Å²) >= 11 is 0. The number of aromatic nitrogens is 4. The van der Waals surface area contributed by atoms with Gasteiger partial charge in [0.1, 0.15) is 18.1 Å². The lowest BCUT2D eigenvalue weighted by molar-refractivity contribution is -0.143. The van der Waals surface area contributed by atoms with E-state index in [1.165, 1.54) is 12.5 Å². The Balaban J connectivity index is 1.38. The van der Waals surface area contributed by atoms with Crippen molar-refractivity contribution in [3.8, 4) is 0 Å². The topological polar surface area (TPSA) is 211 Å². The van der Waals surface area contributed by atoms with Crippen molar-refractivity contribution < 1.29 is 24.3 Å². The molecule has 3 amide bonds. The number of aliphatic carboxylic acids is 1. The number of rotatable bonds is 14. The molecule has 0 saturated heterocycles. The summed E-state index contributed by atoms with van der Waals surface area (Å²) in [7, 11) is 0. The molecule has 0 spiro atoms. The fourth-order valence-electron chi connectivity index (χ4n) is 5.50. The molecular formula is C33H38N8O5. The number of H-pyrrole nitrogens is 3. The van der Waals surface area contributed by atoms with Crippen LogP contribution in [0.3, 0.4) is 0 Å². The van der Waals surface area contributed by atoms with Crippen molar-refractivity contribution in [3.05, 3.63) is 90.3 Å². The zero-order chi connectivity index (χ0) is 32.8. The number of hydrogen-bond acceptors (Lipinski definition) is 6. The Morgan fingerprint density at radius 3 is 1.87 bits per heavy atom. The number of nitrogens with one attached hydrogen (secondary N) is 6. The van der Waals surface area contributed by atoms with Gasteiger partial charge in [-0.1, -0.05) is 50.2 Å². The average Bonchev–Trinajstić information content (AvgIpc) is 3.80. The van der Waals surface area contributed by atoms with Crippen LogP contribution in [0.5, 0.6) is 0 Å². The Morgan fingerprint density at radius 2 is 1.30 bits per heavy atom. The molecular weight excluding hydrogens is 588 g/mol. The van der Waals surface area contributed by atoms with Crippen LogP contribution in [0, 0.1) is 5.92 Å². The van der Waals surface area contributed by atoms with E-state index in [1.54, 1.807) is 20.0 Å². The van der Waals surface area contributed by atoms with E-state index in [4.69, 9.17) is 5.73 Å². The maximum absolute atomic E-state index is 13.9. The van der Waals surface area contributed by atoms with E-state index in [0.717, 1.165) is 32.9 Å². The number of benzene rings is 2. The SMILES string of the molecule is CC(C)C(NC(=O)C(Cc1cnc[nH]1)NC(=O)C(Cc1c[nH]c2ccccc12)NC(=O)C(N)Cc1c[nH]c2ccccc12)C(=O)O. The quantitative estimate of drug-likeness (QED) is 0.0917. The highest BCUT2D eigenvalue weighted by atomic mass is 16.4. The number of aromatic amines is 3. The van der Waals surface area contributed by atoms with Crippen LogP contribution in [0.15, 0.2) is 73.4 Å². The lowest BCUT2D eigenvalue weighted by Gasteiger charge is -2.26. The second-order valence-electron chi connectivity index (χ2n) is 11.7. The molecule has 13 heteroatoms. The molecule has 0 bridgehead atoms. The maximum Gasteiger partial charge on any atom is 0.326 e. The van der Waals surface area contributed by atoms with Gasteiger partial charge in [-0.25, -0.2) is 9.78 Å². The number of hydrogen-bond donors (Lipinski definition) is 8. The van der Waals surface area contributed by atoms with Crippen molar-refractivity contribution >= 4 is 45.5 Å². The zero-order valence-electron chi connectivity index (χ0n) is 25.5. The van der Waals surface area contributed by atoms with Gasteiger partial charge < -0.3 is 41.7 Å². The lowest BCUT2D eigenvalue weighted by Crippen LogP contribution is -2.58. The molecule has 13 nitrogen and oxygen atoms in total. The van der Waals surface area contributed by atoms with Crippen LogP contribution in [-0.4, -0.2) is 72.9 Å². The number of nitrogens with two attached hydrogens (primary N) is 1. The van der Waals surface area contributed by atoms with Crippen LogP contribution in [0.2, 0.25) is 0 Å². The van der Waals surface area contributed by atoms with Crippen molar-refractivity contribution in [2.75, 3.05) is 0 Å². The molecule has 0 fully saturated rings. The fourth-order valence-corrected chi connectivity index (χ4v) is 5.50. The molecule has 0 aliphatic rings. The first kappa shape index (κ1) is 32.0. The standard InChI is InChI=1S/C33H38N8O5/c1-18(2)29(33(45)46)41-32(44)28(13-21-16-35-17-38-21)40-31(43)27(12-20-15-37-26-10-6-4-8-23(20)26)39-30(42)24(34)11-19-14-36-25-9-5-3-7-22(19)25/h3-10,14-18,24,27-29,36-37H,11-13,34H2,1-2H3,(H,35,38)(H,39,42)(H,40,43)(H,41,44)(H,45,46). The van der Waals surface area contributed by atoms with Crippen LogP contribution in [0.25, 0.3) is 21.8 Å². The van der Waals surface area contributed by atoms with Gasteiger partial charge >= 0.3 is 5.97 Å². The second kappa shape index (κ2) is 14.1. The van der Waals surface area contributed by atoms with Gasteiger partial charge in [-0.05, 0) is 35.6 Å². The number of amides is 3. The number of carbonyl (C=O) groups is 4. The first-order valence-corrected chi connectivity index (χ1v) is 15.1. The Labute approximate surface area is 264 Å². The fraction of sp³-hybridized carbons (Fsp3) is 0.303. The van der Waals surface area contributed by atoms with Crippen molar-refractivity contribution in [3.63, 3.8) is 0 Å². The molecule has 5 aromatic rings. The zero-order valence-corrected chi connectivity index (χ0v) is 25.5. The van der Waals surface area contributed by atoms with Gasteiger partial charge in [0.15, 0.2) is 0 Å². The minimum atomic E-state index is -1.19. The molecule has 4 unspecified atom stereocenters. The molecule has 0 radical (unpaired) electrons. The molecule has 0 aliphatic carbocycles. The van der Waals surface area contributed by atoms with E-state index < -0.39 is 53.8 Å². The van der Waals surface area contributed by atoms with Crippen molar-refractivity contribution in [1.82, 2.24) is 35.9 Å². The largest absolute Gasteiger partial charge is 0.480 e. The van der Waals surface area contributed by atoms with Gasteiger partial charge in [0.05, 0.1) is 12.4 Å². The highest BCUT2D eigenvalue weighted by Gasteiger charge is 2.32. The van der Waals surface area contributed by atoms with Crippen LogP contribution in [0.4, 0.5) is 0 Å². The van der Waals surface area contributed by atoms with Gasteiger partial charge in [-0.3, -0.25) is 14.4 Å². The summed E-state index contributed by atoms with van der Waals surface area (Å²) in [5, 5.41) is 19.6. The number of fused-ring (bicyclic) bond motifs is 2. The molecule has 2 aromatic carbocycles. The molecule has 5 rings (SSSR count). The second-order valence-corrected chi connectivity index (χ2v) is 11.7. The first-order chi connectivity index (χ1) is 22.1. The third-order valence-electron chi connectivity index (χ3n) is 8.03. The van der Waals surface area contributed by atoms with Gasteiger partial charge in [0.2, 0.25) is 17.7 Å². The van der Waals surface area contributed by atoms with E-state index >= 15 is 0 Å². The molecule has 0 saturated carbocycles. The molecule has 9 N–H and O–H groups in total. The maximum atomic E-state index is 13.9.